The summed E-state index contributed by atoms with van der Waals surface area (Å²) in [6, 6.07) is 7.35. The largest absolute Gasteiger partial charge is 0.427 e. The van der Waals surface area contributed by atoms with Crippen LogP contribution in [0, 0.1) is 6.92 Å². The molecule has 0 atom stereocenters. The van der Waals surface area contributed by atoms with E-state index in [-0.39, 0.29) is 18.4 Å². The average molecular weight is 187 g/mol. The van der Waals surface area contributed by atoms with Crippen LogP contribution >= 0.6 is 12.4 Å². The fraction of sp³-hybridized carbons (Fsp3) is 0.222. The van der Waals surface area contributed by atoms with Gasteiger partial charge in [0.2, 0.25) is 0 Å². The molecule has 0 unspecified atom stereocenters. The van der Waals surface area contributed by atoms with Crippen molar-refractivity contribution in [2.45, 2.75) is 13.8 Å². The Morgan fingerprint density at radius 2 is 1.75 bits per heavy atom. The second-order valence-electron chi connectivity index (χ2n) is 2.41. The minimum atomic E-state index is -0.283. The number of carbonyl (C=O) groups excluding carboxylic acids is 1. The van der Waals surface area contributed by atoms with Crippen molar-refractivity contribution in [3.05, 3.63) is 29.8 Å². The number of halogens is 1. The summed E-state index contributed by atoms with van der Waals surface area (Å²) in [7, 11) is 0. The quantitative estimate of drug-likeness (QED) is 0.497. The van der Waals surface area contributed by atoms with Gasteiger partial charge in [-0.1, -0.05) is 17.7 Å². The molecule has 66 valence electrons. The van der Waals surface area contributed by atoms with E-state index in [2.05, 4.69) is 0 Å². The maximum absolute atomic E-state index is 10.5. The van der Waals surface area contributed by atoms with E-state index in [4.69, 9.17) is 4.74 Å². The van der Waals surface area contributed by atoms with Gasteiger partial charge in [0, 0.05) is 6.92 Å². The SMILES string of the molecule is CC(=O)Oc1ccc(C)cc1.Cl. The number of benzene rings is 1. The molecule has 0 aliphatic rings. The molecule has 0 saturated heterocycles. The fourth-order valence-corrected chi connectivity index (χ4v) is 0.772. The lowest BCUT2D eigenvalue weighted by Crippen LogP contribution is -2.00. The van der Waals surface area contributed by atoms with Gasteiger partial charge in [-0.15, -0.1) is 12.4 Å². The summed E-state index contributed by atoms with van der Waals surface area (Å²) in [4.78, 5) is 10.5. The number of ether oxygens (including phenoxy) is 1. The summed E-state index contributed by atoms with van der Waals surface area (Å²) in [6.07, 6.45) is 0. The van der Waals surface area contributed by atoms with Gasteiger partial charge in [-0.2, -0.15) is 0 Å². The smallest absolute Gasteiger partial charge is 0.308 e. The van der Waals surface area contributed by atoms with Crippen molar-refractivity contribution in [1.82, 2.24) is 0 Å². The second-order valence-corrected chi connectivity index (χ2v) is 2.41. The van der Waals surface area contributed by atoms with E-state index in [0.29, 0.717) is 5.75 Å². The molecule has 0 amide bonds. The van der Waals surface area contributed by atoms with Crippen molar-refractivity contribution in [3.8, 4) is 5.75 Å². The third-order valence-corrected chi connectivity index (χ3v) is 1.28. The van der Waals surface area contributed by atoms with Crippen LogP contribution in [-0.4, -0.2) is 5.97 Å². The highest BCUT2D eigenvalue weighted by Crippen LogP contribution is 2.10. The van der Waals surface area contributed by atoms with Gasteiger partial charge in [0.25, 0.3) is 0 Å². The highest BCUT2D eigenvalue weighted by atomic mass is 35.5. The second kappa shape index (κ2) is 4.78. The first-order chi connectivity index (χ1) is 5.18. The molecule has 2 nitrogen and oxygen atoms in total. The average Bonchev–Trinajstić information content (AvgIpc) is 1.93. The summed E-state index contributed by atoms with van der Waals surface area (Å²) in [5.74, 6) is 0.317. The van der Waals surface area contributed by atoms with Gasteiger partial charge >= 0.3 is 5.97 Å². The van der Waals surface area contributed by atoms with Gasteiger partial charge in [0.1, 0.15) is 5.75 Å². The molecular weight excluding hydrogens is 176 g/mol. The van der Waals surface area contributed by atoms with Gasteiger partial charge in [-0.3, -0.25) is 4.79 Å². The highest BCUT2D eigenvalue weighted by molar-refractivity contribution is 5.85. The van der Waals surface area contributed by atoms with Gasteiger partial charge in [0.05, 0.1) is 0 Å². The molecule has 12 heavy (non-hydrogen) atoms. The lowest BCUT2D eigenvalue weighted by Gasteiger charge is -1.99. The minimum Gasteiger partial charge on any atom is -0.427 e. The molecule has 0 aliphatic heterocycles. The first-order valence-corrected chi connectivity index (χ1v) is 3.43. The molecule has 0 N–H and O–H groups in total. The van der Waals surface area contributed by atoms with Crippen LogP contribution in [0.4, 0.5) is 0 Å². The molecule has 0 saturated carbocycles. The van der Waals surface area contributed by atoms with Crippen LogP contribution in [0.15, 0.2) is 24.3 Å². The number of esters is 1. The Hall–Kier alpha value is -1.02. The lowest BCUT2D eigenvalue weighted by atomic mass is 10.2. The Kier molecular flexibility index (Phi) is 4.37. The summed E-state index contributed by atoms with van der Waals surface area (Å²) >= 11 is 0. The number of hydrogen-bond acceptors (Lipinski definition) is 2. The number of carbonyl (C=O) groups is 1. The molecule has 0 radical (unpaired) electrons. The topological polar surface area (TPSA) is 26.3 Å². The standard InChI is InChI=1S/C9H10O2.ClH/c1-7-3-5-9(6-4-7)11-8(2)10;/h3-6H,1-2H3;1H. The van der Waals surface area contributed by atoms with Crippen LogP contribution < -0.4 is 4.74 Å². The van der Waals surface area contributed by atoms with Crippen LogP contribution in [0.5, 0.6) is 5.75 Å². The number of rotatable bonds is 1. The molecule has 0 fully saturated rings. The normalized spacial score (nSPS) is 8.50. The van der Waals surface area contributed by atoms with Crippen molar-refractivity contribution in [2.75, 3.05) is 0 Å². The van der Waals surface area contributed by atoms with E-state index in [1.165, 1.54) is 6.92 Å². The number of aryl methyl sites for hydroxylation is 1. The maximum atomic E-state index is 10.5. The van der Waals surface area contributed by atoms with Gasteiger partial charge < -0.3 is 4.74 Å². The Bertz CT molecular complexity index is 254. The maximum Gasteiger partial charge on any atom is 0.308 e. The summed E-state index contributed by atoms with van der Waals surface area (Å²) in [5.41, 5.74) is 1.15. The first-order valence-electron chi connectivity index (χ1n) is 3.43. The third-order valence-electron chi connectivity index (χ3n) is 1.28. The fourth-order valence-electron chi connectivity index (χ4n) is 0.772. The molecule has 0 spiro atoms. The molecular formula is C9H11ClO2. The van der Waals surface area contributed by atoms with Crippen molar-refractivity contribution < 1.29 is 9.53 Å². The predicted octanol–water partition coefficient (Wildman–Crippen LogP) is 2.34. The Morgan fingerprint density at radius 1 is 1.25 bits per heavy atom. The molecule has 0 heterocycles. The molecule has 1 rings (SSSR count). The van der Waals surface area contributed by atoms with Crippen LogP contribution in [0.1, 0.15) is 12.5 Å². The minimum absolute atomic E-state index is 0. The highest BCUT2D eigenvalue weighted by Gasteiger charge is 1.94. The molecule has 1 aromatic rings. The molecule has 1 aromatic carbocycles. The Morgan fingerprint density at radius 3 is 2.17 bits per heavy atom. The summed E-state index contributed by atoms with van der Waals surface area (Å²) in [5, 5.41) is 0. The van der Waals surface area contributed by atoms with Crippen molar-refractivity contribution in [1.29, 1.82) is 0 Å². The van der Waals surface area contributed by atoms with Gasteiger partial charge in [-0.25, -0.2) is 0 Å². The predicted molar refractivity (Wildman–Crippen MR) is 49.7 cm³/mol. The molecule has 3 heteroatoms. The number of hydrogen-bond donors (Lipinski definition) is 0. The zero-order valence-electron chi connectivity index (χ0n) is 7.03. The first kappa shape index (κ1) is 11.0. The van der Waals surface area contributed by atoms with Crippen molar-refractivity contribution >= 4 is 18.4 Å². The molecule has 0 bridgehead atoms. The van der Waals surface area contributed by atoms with Crippen LogP contribution in [0.2, 0.25) is 0 Å². The van der Waals surface area contributed by atoms with E-state index in [9.17, 15) is 4.79 Å². The van der Waals surface area contributed by atoms with Crippen molar-refractivity contribution in [3.63, 3.8) is 0 Å². The summed E-state index contributed by atoms with van der Waals surface area (Å²) < 4.78 is 4.83. The van der Waals surface area contributed by atoms with Gasteiger partial charge in [-0.05, 0) is 19.1 Å². The van der Waals surface area contributed by atoms with Crippen LogP contribution in [-0.2, 0) is 4.79 Å². The van der Waals surface area contributed by atoms with E-state index < -0.39 is 0 Å². The summed E-state index contributed by atoms with van der Waals surface area (Å²) in [6.45, 7) is 3.37. The third kappa shape index (κ3) is 3.39. The molecule has 0 aromatic heterocycles. The molecule has 0 aliphatic carbocycles. The zero-order chi connectivity index (χ0) is 8.27. The van der Waals surface area contributed by atoms with E-state index >= 15 is 0 Å². The van der Waals surface area contributed by atoms with Crippen molar-refractivity contribution in [2.24, 2.45) is 0 Å². The van der Waals surface area contributed by atoms with Crippen LogP contribution in [0.25, 0.3) is 0 Å². The van der Waals surface area contributed by atoms with Gasteiger partial charge in [0.15, 0.2) is 0 Å². The van der Waals surface area contributed by atoms with E-state index in [1.807, 2.05) is 19.1 Å². The Balaban J connectivity index is 0.00000121. The van der Waals surface area contributed by atoms with Crippen LogP contribution in [0.3, 0.4) is 0 Å². The Labute approximate surface area is 78.0 Å². The lowest BCUT2D eigenvalue weighted by molar-refractivity contribution is -0.131. The monoisotopic (exact) mass is 186 g/mol. The zero-order valence-corrected chi connectivity index (χ0v) is 7.85. The van der Waals surface area contributed by atoms with E-state index in [1.54, 1.807) is 12.1 Å². The van der Waals surface area contributed by atoms with E-state index in [0.717, 1.165) is 5.56 Å².